The van der Waals surface area contributed by atoms with Crippen molar-refractivity contribution in [1.82, 2.24) is 0 Å². The van der Waals surface area contributed by atoms with E-state index in [1.54, 1.807) is 0 Å². The Kier molecular flexibility index (Phi) is 15.6. The zero-order chi connectivity index (χ0) is 48.4. The van der Waals surface area contributed by atoms with Crippen molar-refractivity contribution in [2.24, 2.45) is 0 Å². The van der Waals surface area contributed by atoms with Crippen LogP contribution in [0.15, 0.2) is 255 Å². The standard InChI is InChI=1S/C26H24P2.2C22H11.2Ag/c1-5-13-23(14-6-1)27(24-15-7-2-8-16-24)21-22-28(25-17-9-3-10-18-25)26-19-11-4-12-20-26;2*1-2-14-12-13-20-18-10-4-7-15-6-3-9-17(21(15)18)19-11-5-8-16(14)22(19)20;;/h1-20H,21-22H2;2*3-13H;;/q;2*-1;2*+1/p+2. The van der Waals surface area contributed by atoms with Crippen LogP contribution in [-0.4, -0.2) is 12.3 Å². The smallest absolute Gasteiger partial charge is 0.366 e. The summed E-state index contributed by atoms with van der Waals surface area (Å²) < 4.78 is 0. The molecule has 358 valence electrons. The van der Waals surface area contributed by atoms with E-state index in [0.29, 0.717) is 0 Å². The van der Waals surface area contributed by atoms with Crippen LogP contribution in [0, 0.1) is 24.7 Å². The SMILES string of the molecule is [Ag+].[Ag+].[C-]#Cc1ccc2c3cccc4cccc(c5cccc1c52)c43.[C-]#Cc1ccc2c3cccc4cccc(c5cccc1c52)c43.c1ccc([PH+](CC[PH+](c2ccccc2)c2ccccc2)c2ccccc2)cc1. The summed E-state index contributed by atoms with van der Waals surface area (Å²) in [5, 5.41) is 26.2. The molecule has 0 aliphatic rings. The Bertz CT molecular complexity index is 3840. The van der Waals surface area contributed by atoms with Crippen molar-refractivity contribution in [3.63, 3.8) is 0 Å². The Balaban J connectivity index is 0.000000126. The molecule has 0 radical (unpaired) electrons. The molecule has 0 atom stereocenters. The Morgan fingerprint density at radius 2 is 0.486 bits per heavy atom. The van der Waals surface area contributed by atoms with Crippen LogP contribution in [0.1, 0.15) is 11.1 Å². The Hall–Kier alpha value is -6.86. The molecule has 0 aliphatic heterocycles. The summed E-state index contributed by atoms with van der Waals surface area (Å²) in [4.78, 5) is 0. The number of hydrogen-bond donors (Lipinski definition) is 0. The van der Waals surface area contributed by atoms with E-state index in [1.165, 1.54) is 109 Å². The van der Waals surface area contributed by atoms with Gasteiger partial charge in [0.05, 0.1) is 37.1 Å². The van der Waals surface area contributed by atoms with Gasteiger partial charge in [-0.2, -0.15) is 0 Å². The molecule has 0 unspecified atom stereocenters. The Morgan fingerprint density at radius 3 is 0.770 bits per heavy atom. The van der Waals surface area contributed by atoms with Crippen molar-refractivity contribution in [2.75, 3.05) is 12.3 Å². The van der Waals surface area contributed by atoms with Crippen LogP contribution in [0.4, 0.5) is 0 Å². The van der Waals surface area contributed by atoms with Crippen LogP contribution >= 0.6 is 15.8 Å². The molecule has 14 rings (SSSR count). The zero-order valence-electron chi connectivity index (χ0n) is 40.3. The summed E-state index contributed by atoms with van der Waals surface area (Å²) in [6.07, 6.45) is 17.6. The van der Waals surface area contributed by atoms with Gasteiger partial charge in [0.1, 0.15) is 12.3 Å². The van der Waals surface area contributed by atoms with Crippen LogP contribution in [0.5, 0.6) is 0 Å². The molecule has 14 aromatic carbocycles. The molecular weight excluding hydrogens is 1120 g/mol. The third-order valence-corrected chi connectivity index (χ3v) is 20.6. The predicted molar refractivity (Wildman–Crippen MR) is 318 cm³/mol. The summed E-state index contributed by atoms with van der Waals surface area (Å²) in [6.45, 7) is 0. The van der Waals surface area contributed by atoms with Crippen LogP contribution in [0.3, 0.4) is 0 Å². The number of hydrogen-bond acceptors (Lipinski definition) is 0. The van der Waals surface area contributed by atoms with Gasteiger partial charge in [0.25, 0.3) is 0 Å². The van der Waals surface area contributed by atoms with Crippen LogP contribution in [0.25, 0.3) is 86.2 Å². The maximum Gasteiger partial charge on any atom is 1.00 e. The summed E-state index contributed by atoms with van der Waals surface area (Å²) in [7, 11) is -1.57. The summed E-state index contributed by atoms with van der Waals surface area (Å²) >= 11 is 0. The van der Waals surface area contributed by atoms with Gasteiger partial charge in [-0.15, -0.1) is 23.3 Å². The Labute approximate surface area is 467 Å². The molecule has 0 aliphatic carbocycles. The fourth-order valence-corrected chi connectivity index (χ4v) is 17.4. The van der Waals surface area contributed by atoms with Gasteiger partial charge in [-0.05, 0) is 124 Å². The minimum absolute atomic E-state index is 0. The molecule has 4 heteroatoms. The third kappa shape index (κ3) is 9.48. The summed E-state index contributed by atoms with van der Waals surface area (Å²) in [5.74, 6) is 5.14. The molecule has 0 heterocycles. The molecule has 0 amide bonds. The fourth-order valence-electron chi connectivity index (χ4n) is 11.2. The van der Waals surface area contributed by atoms with Gasteiger partial charge in [-0.1, -0.05) is 205 Å². The molecule has 0 saturated carbocycles. The predicted octanol–water partition coefficient (Wildman–Crippen LogP) is 16.1. The number of rotatable bonds is 7. The monoisotopic (exact) mass is 1160 g/mol. The van der Waals surface area contributed by atoms with Gasteiger partial charge in [-0.3, -0.25) is 11.8 Å². The first kappa shape index (κ1) is 50.7. The first-order valence-corrected chi connectivity index (χ1v) is 28.0. The molecule has 0 fully saturated rings. The number of benzene rings is 14. The average Bonchev–Trinajstić information content (AvgIpc) is 3.47. The molecule has 0 N–H and O–H groups in total. The first-order chi connectivity index (χ1) is 35.7. The van der Waals surface area contributed by atoms with Crippen LogP contribution < -0.4 is 21.2 Å². The van der Waals surface area contributed by atoms with E-state index in [2.05, 4.69) is 254 Å². The van der Waals surface area contributed by atoms with Crippen molar-refractivity contribution < 1.29 is 44.8 Å². The van der Waals surface area contributed by atoms with E-state index in [1.807, 2.05) is 12.1 Å². The van der Waals surface area contributed by atoms with Gasteiger partial charge >= 0.3 is 44.8 Å². The molecule has 74 heavy (non-hydrogen) atoms. The van der Waals surface area contributed by atoms with E-state index in [9.17, 15) is 0 Å². The normalized spacial score (nSPS) is 11.1. The van der Waals surface area contributed by atoms with Gasteiger partial charge in [0, 0.05) is 0 Å². The van der Waals surface area contributed by atoms with Crippen LogP contribution in [0.2, 0.25) is 0 Å². The molecular formula is C70H48Ag2P2+2. The minimum Gasteiger partial charge on any atom is -0.366 e. The molecule has 0 spiro atoms. The second-order valence-corrected chi connectivity index (χ2v) is 23.6. The van der Waals surface area contributed by atoms with Crippen molar-refractivity contribution in [3.05, 3.63) is 279 Å². The van der Waals surface area contributed by atoms with Crippen LogP contribution in [-0.2, 0) is 44.8 Å². The fraction of sp³-hybridized carbons (Fsp3) is 0.0286. The van der Waals surface area contributed by atoms with Gasteiger partial charge in [0.15, 0.2) is 0 Å². The van der Waals surface area contributed by atoms with Gasteiger partial charge in [0.2, 0.25) is 0 Å². The molecule has 0 saturated heterocycles. The molecule has 0 bridgehead atoms. The number of fused-ring (bicyclic) bond motifs is 4. The third-order valence-electron chi connectivity index (χ3n) is 14.4. The maximum atomic E-state index is 7.55. The summed E-state index contributed by atoms with van der Waals surface area (Å²) in [5.41, 5.74) is 1.71. The minimum atomic E-state index is -0.783. The van der Waals surface area contributed by atoms with Crippen molar-refractivity contribution >= 4 is 123 Å². The topological polar surface area (TPSA) is 0 Å². The van der Waals surface area contributed by atoms with Crippen molar-refractivity contribution in [2.45, 2.75) is 0 Å². The molecule has 14 aromatic rings. The zero-order valence-corrected chi connectivity index (χ0v) is 45.2. The van der Waals surface area contributed by atoms with Crippen molar-refractivity contribution in [3.8, 4) is 11.8 Å². The van der Waals surface area contributed by atoms with Crippen molar-refractivity contribution in [1.29, 1.82) is 0 Å². The quantitative estimate of drug-likeness (QED) is 0.0373. The summed E-state index contributed by atoms with van der Waals surface area (Å²) in [6, 6.07) is 91.5. The van der Waals surface area contributed by atoms with Gasteiger partial charge in [-0.25, -0.2) is 0 Å². The van der Waals surface area contributed by atoms with E-state index in [0.717, 1.165) is 21.9 Å². The van der Waals surface area contributed by atoms with E-state index in [-0.39, 0.29) is 44.8 Å². The van der Waals surface area contributed by atoms with E-state index < -0.39 is 15.8 Å². The second kappa shape index (κ2) is 22.7. The average molecular weight is 1170 g/mol. The maximum absolute atomic E-state index is 7.55. The van der Waals surface area contributed by atoms with E-state index >= 15 is 0 Å². The van der Waals surface area contributed by atoms with E-state index in [4.69, 9.17) is 12.8 Å². The van der Waals surface area contributed by atoms with Gasteiger partial charge < -0.3 is 12.8 Å². The second-order valence-electron chi connectivity index (χ2n) is 18.4. The molecule has 0 nitrogen and oxygen atoms in total. The largest absolute Gasteiger partial charge is 1.00 e. The molecule has 0 aromatic heterocycles. The first-order valence-electron chi connectivity index (χ1n) is 24.6. The Morgan fingerprint density at radius 1 is 0.243 bits per heavy atom.